The summed E-state index contributed by atoms with van der Waals surface area (Å²) < 4.78 is 6.61. The van der Waals surface area contributed by atoms with Gasteiger partial charge in [-0.2, -0.15) is 4.98 Å². The van der Waals surface area contributed by atoms with Gasteiger partial charge in [0.2, 0.25) is 0 Å². The summed E-state index contributed by atoms with van der Waals surface area (Å²) in [6.45, 7) is 0.144. The molecule has 6 N–H and O–H groups in total. The van der Waals surface area contributed by atoms with E-state index in [-0.39, 0.29) is 18.8 Å². The van der Waals surface area contributed by atoms with Gasteiger partial charge in [0.05, 0.1) is 12.7 Å². The Balaban J connectivity index is 2.05. The number of hydrogen-bond acceptors (Lipinski definition) is 8. The van der Waals surface area contributed by atoms with Crippen LogP contribution in [0, 0.1) is 0 Å². The van der Waals surface area contributed by atoms with Crippen molar-refractivity contribution in [3.63, 3.8) is 0 Å². The molecule has 2 heterocycles. The molecule has 10 heteroatoms. The number of aromatic nitrogens is 2. The predicted octanol–water partition coefficient (Wildman–Crippen LogP) is -1.12. The molecule has 1 saturated heterocycles. The van der Waals surface area contributed by atoms with Crippen LogP contribution in [0.1, 0.15) is 31.9 Å². The van der Waals surface area contributed by atoms with E-state index in [1.807, 2.05) is 0 Å². The molecule has 2 rings (SSSR count). The van der Waals surface area contributed by atoms with Crippen LogP contribution in [-0.2, 0) is 9.53 Å². The van der Waals surface area contributed by atoms with Crippen LogP contribution in [-0.4, -0.2) is 62.2 Å². The number of nitrogens with one attached hydrogen (secondary N) is 1. The van der Waals surface area contributed by atoms with E-state index in [4.69, 9.17) is 15.6 Å². The zero-order chi connectivity index (χ0) is 18.4. The van der Waals surface area contributed by atoms with Crippen LogP contribution < -0.4 is 16.7 Å². The number of hydrogen-bond donors (Lipinski definition) is 5. The number of carboxylic acids is 1. The summed E-state index contributed by atoms with van der Waals surface area (Å²) in [5.74, 6) is -0.880. The van der Waals surface area contributed by atoms with E-state index in [0.29, 0.717) is 25.8 Å². The summed E-state index contributed by atoms with van der Waals surface area (Å²) in [6, 6.07) is 0.611. The number of ether oxygens (including phenoxy) is 1. The molecule has 1 fully saturated rings. The number of nitrogens with two attached hydrogens (primary N) is 1. The molecule has 0 radical (unpaired) electrons. The topological polar surface area (TPSA) is 160 Å². The lowest BCUT2D eigenvalue weighted by Gasteiger charge is -2.17. The molecular formula is C15H24N4O6. The maximum absolute atomic E-state index is 12.2. The monoisotopic (exact) mass is 356 g/mol. The van der Waals surface area contributed by atoms with Gasteiger partial charge in [-0.05, 0) is 31.9 Å². The highest BCUT2D eigenvalue weighted by molar-refractivity contribution is 5.76. The normalized spacial score (nSPS) is 24.2. The SMILES string of the molecule is NCCCC[C@H](Nc1ccn([C@H]2C[C@H](O)[C@@H](CO)O2)c(=O)n1)C(=O)O. The molecule has 0 saturated carbocycles. The van der Waals surface area contributed by atoms with Crippen LogP contribution in [0.5, 0.6) is 0 Å². The third kappa shape index (κ3) is 4.98. The second-order valence-corrected chi connectivity index (χ2v) is 5.94. The van der Waals surface area contributed by atoms with Crippen molar-refractivity contribution in [3.8, 4) is 0 Å². The number of aliphatic hydroxyl groups is 2. The van der Waals surface area contributed by atoms with Crippen LogP contribution in [0.4, 0.5) is 5.82 Å². The fourth-order valence-corrected chi connectivity index (χ4v) is 2.69. The van der Waals surface area contributed by atoms with Crippen LogP contribution in [0.2, 0.25) is 0 Å². The smallest absolute Gasteiger partial charge is 0.351 e. The molecular weight excluding hydrogens is 332 g/mol. The van der Waals surface area contributed by atoms with E-state index in [1.54, 1.807) is 0 Å². The summed E-state index contributed by atoms with van der Waals surface area (Å²) in [6.07, 6.45) is 0.993. The van der Waals surface area contributed by atoms with Gasteiger partial charge in [0.15, 0.2) is 0 Å². The molecule has 0 aliphatic carbocycles. The second-order valence-electron chi connectivity index (χ2n) is 5.94. The van der Waals surface area contributed by atoms with Gasteiger partial charge >= 0.3 is 11.7 Å². The largest absolute Gasteiger partial charge is 0.480 e. The minimum Gasteiger partial charge on any atom is -0.480 e. The van der Waals surface area contributed by atoms with E-state index in [0.717, 1.165) is 0 Å². The predicted molar refractivity (Wildman–Crippen MR) is 88.1 cm³/mol. The summed E-state index contributed by atoms with van der Waals surface area (Å²) in [4.78, 5) is 27.3. The molecule has 1 aliphatic heterocycles. The van der Waals surface area contributed by atoms with Gasteiger partial charge in [-0.25, -0.2) is 9.59 Å². The molecule has 0 bridgehead atoms. The van der Waals surface area contributed by atoms with Crippen molar-refractivity contribution in [2.75, 3.05) is 18.5 Å². The van der Waals surface area contributed by atoms with Crippen molar-refractivity contribution in [1.29, 1.82) is 0 Å². The van der Waals surface area contributed by atoms with Crippen molar-refractivity contribution < 1.29 is 24.9 Å². The number of aliphatic carboxylic acids is 1. The van der Waals surface area contributed by atoms with Gasteiger partial charge in [-0.3, -0.25) is 4.57 Å². The van der Waals surface area contributed by atoms with Crippen LogP contribution in [0.3, 0.4) is 0 Å². The minimum atomic E-state index is -1.03. The quantitative estimate of drug-likeness (QED) is 0.345. The van der Waals surface area contributed by atoms with Gasteiger partial charge in [0, 0.05) is 12.6 Å². The Morgan fingerprint density at radius 3 is 2.84 bits per heavy atom. The molecule has 10 nitrogen and oxygen atoms in total. The average molecular weight is 356 g/mol. The third-order valence-electron chi connectivity index (χ3n) is 4.09. The maximum Gasteiger partial charge on any atom is 0.351 e. The van der Waals surface area contributed by atoms with Crippen molar-refractivity contribution in [1.82, 2.24) is 9.55 Å². The highest BCUT2D eigenvalue weighted by Crippen LogP contribution is 2.27. The molecule has 0 unspecified atom stereocenters. The number of carbonyl (C=O) groups is 1. The van der Waals surface area contributed by atoms with Gasteiger partial charge in [-0.1, -0.05) is 0 Å². The Morgan fingerprint density at radius 2 is 2.28 bits per heavy atom. The summed E-state index contributed by atoms with van der Waals surface area (Å²) in [5, 5.41) is 30.8. The lowest BCUT2D eigenvalue weighted by molar-refractivity contribution is -0.138. The summed E-state index contributed by atoms with van der Waals surface area (Å²) in [5.41, 5.74) is 4.77. The number of unbranched alkanes of at least 4 members (excludes halogenated alkanes) is 1. The Labute approximate surface area is 144 Å². The van der Waals surface area contributed by atoms with Gasteiger partial charge in [-0.15, -0.1) is 0 Å². The van der Waals surface area contributed by atoms with Gasteiger partial charge in [0.1, 0.15) is 24.2 Å². The number of rotatable bonds is 9. The van der Waals surface area contributed by atoms with E-state index in [9.17, 15) is 19.8 Å². The fourth-order valence-electron chi connectivity index (χ4n) is 2.69. The highest BCUT2D eigenvalue weighted by atomic mass is 16.5. The maximum atomic E-state index is 12.2. The Hall–Kier alpha value is -2.01. The first-order valence-corrected chi connectivity index (χ1v) is 8.19. The van der Waals surface area contributed by atoms with Crippen LogP contribution in [0.15, 0.2) is 17.1 Å². The molecule has 140 valence electrons. The Morgan fingerprint density at radius 1 is 1.52 bits per heavy atom. The zero-order valence-corrected chi connectivity index (χ0v) is 13.7. The molecule has 0 amide bonds. The average Bonchev–Trinajstić information content (AvgIpc) is 2.94. The molecule has 1 aromatic rings. The fraction of sp³-hybridized carbons (Fsp3) is 0.667. The standard InChI is InChI=1S/C15H24N4O6/c16-5-2-1-3-9(14(22)23)17-12-4-6-19(15(24)18-12)13-7-10(21)11(8-20)25-13/h4,6,9-11,13,20-21H,1-3,5,7-8,16H2,(H,22,23)(H,17,18,24)/t9-,10-,11+,13+/m0/s1. The van der Waals surface area contributed by atoms with Crippen LogP contribution >= 0.6 is 0 Å². The van der Waals surface area contributed by atoms with E-state index < -0.39 is 36.1 Å². The van der Waals surface area contributed by atoms with Crippen molar-refractivity contribution in [2.24, 2.45) is 5.73 Å². The molecule has 25 heavy (non-hydrogen) atoms. The van der Waals surface area contributed by atoms with E-state index in [1.165, 1.54) is 16.8 Å². The Bertz CT molecular complexity index is 637. The lowest BCUT2D eigenvalue weighted by atomic mass is 10.1. The molecule has 0 spiro atoms. The second kappa shape index (κ2) is 8.90. The minimum absolute atomic E-state index is 0.152. The first-order valence-electron chi connectivity index (χ1n) is 8.19. The molecule has 0 aromatic carbocycles. The number of anilines is 1. The molecule has 1 aromatic heterocycles. The number of aliphatic hydroxyl groups excluding tert-OH is 2. The van der Waals surface area contributed by atoms with E-state index in [2.05, 4.69) is 10.3 Å². The van der Waals surface area contributed by atoms with Crippen molar-refractivity contribution >= 4 is 11.8 Å². The van der Waals surface area contributed by atoms with Gasteiger partial charge in [0.25, 0.3) is 0 Å². The van der Waals surface area contributed by atoms with Crippen molar-refractivity contribution in [3.05, 3.63) is 22.7 Å². The first-order chi connectivity index (χ1) is 12.0. The lowest BCUT2D eigenvalue weighted by Crippen LogP contribution is -2.32. The molecule has 4 atom stereocenters. The van der Waals surface area contributed by atoms with Gasteiger partial charge < -0.3 is 31.1 Å². The molecule has 1 aliphatic rings. The first kappa shape index (κ1) is 19.3. The number of carboxylic acid groups (broad SMARTS) is 1. The van der Waals surface area contributed by atoms with Crippen LogP contribution in [0.25, 0.3) is 0 Å². The summed E-state index contributed by atoms with van der Waals surface area (Å²) >= 11 is 0. The number of nitrogens with zero attached hydrogens (tertiary/aromatic N) is 2. The summed E-state index contributed by atoms with van der Waals surface area (Å²) in [7, 11) is 0. The Kier molecular flexibility index (Phi) is 6.88. The zero-order valence-electron chi connectivity index (χ0n) is 13.7. The van der Waals surface area contributed by atoms with E-state index >= 15 is 0 Å². The van der Waals surface area contributed by atoms with Crippen molar-refractivity contribution in [2.45, 2.75) is 50.2 Å². The third-order valence-corrected chi connectivity index (χ3v) is 4.09. The highest BCUT2D eigenvalue weighted by Gasteiger charge is 2.35.